The highest BCUT2D eigenvalue weighted by Gasteiger charge is 2.22. The van der Waals surface area contributed by atoms with Crippen LogP contribution in [0.2, 0.25) is 5.02 Å². The van der Waals surface area contributed by atoms with E-state index in [1.807, 2.05) is 24.3 Å². The quantitative estimate of drug-likeness (QED) is 0.648. The maximum absolute atomic E-state index is 12.6. The van der Waals surface area contributed by atoms with Gasteiger partial charge in [0, 0.05) is 41.3 Å². The van der Waals surface area contributed by atoms with Crippen LogP contribution in [0.1, 0.15) is 28.5 Å². The predicted octanol–water partition coefficient (Wildman–Crippen LogP) is 2.16. The van der Waals surface area contributed by atoms with Crippen LogP contribution in [0.4, 0.5) is 0 Å². The number of thioether (sulfide) groups is 1. The highest BCUT2D eigenvalue weighted by atomic mass is 35.5. The molecule has 9 heteroatoms. The lowest BCUT2D eigenvalue weighted by atomic mass is 10.1. The van der Waals surface area contributed by atoms with Crippen LogP contribution in [0.15, 0.2) is 38.4 Å². The zero-order chi connectivity index (χ0) is 19.0. The number of hydrogen-bond acceptors (Lipinski definition) is 6. The third kappa shape index (κ3) is 3.59. The van der Waals surface area contributed by atoms with Crippen LogP contribution >= 0.6 is 23.4 Å². The molecule has 2 aromatic heterocycles. The van der Waals surface area contributed by atoms with Gasteiger partial charge in [0.05, 0.1) is 0 Å². The van der Waals surface area contributed by atoms with Crippen molar-refractivity contribution >= 4 is 23.4 Å². The first kappa shape index (κ1) is 18.1. The van der Waals surface area contributed by atoms with E-state index in [1.165, 1.54) is 9.13 Å². The molecular weight excluding hydrogens is 388 g/mol. The van der Waals surface area contributed by atoms with Gasteiger partial charge in [0.25, 0.3) is 5.56 Å². The Labute approximate surface area is 164 Å². The van der Waals surface area contributed by atoms with Crippen molar-refractivity contribution < 1.29 is 4.52 Å². The monoisotopic (exact) mass is 404 g/mol. The van der Waals surface area contributed by atoms with Crippen LogP contribution in [0, 0.1) is 0 Å². The van der Waals surface area contributed by atoms with Crippen molar-refractivity contribution in [3.63, 3.8) is 0 Å². The lowest BCUT2D eigenvalue weighted by molar-refractivity contribution is 0.361. The Hall–Kier alpha value is -2.32. The van der Waals surface area contributed by atoms with Gasteiger partial charge in [-0.15, -0.1) is 0 Å². The van der Waals surface area contributed by atoms with E-state index in [1.54, 1.807) is 18.8 Å². The molecule has 0 unspecified atom stereocenters. The standard InChI is InChI=1S/C18H17ClN4O3S/c1-22-14-10-27-9-13(14)17(24)23(18(22)25)8-16-20-15(21-26-16)7-4-11-2-5-12(19)6-3-11/h2-3,5-6H,4,7-10H2,1H3. The molecular formula is C18H17ClN4O3S. The maximum Gasteiger partial charge on any atom is 0.331 e. The van der Waals surface area contributed by atoms with Gasteiger partial charge < -0.3 is 4.52 Å². The van der Waals surface area contributed by atoms with E-state index >= 15 is 0 Å². The molecule has 1 aliphatic heterocycles. The summed E-state index contributed by atoms with van der Waals surface area (Å²) in [6, 6.07) is 7.59. The van der Waals surface area contributed by atoms with Crippen molar-refractivity contribution in [1.82, 2.24) is 19.3 Å². The van der Waals surface area contributed by atoms with Gasteiger partial charge in [-0.05, 0) is 24.1 Å². The second kappa shape index (κ2) is 7.36. The molecule has 0 bridgehead atoms. The number of benzene rings is 1. The Balaban J connectivity index is 1.52. The number of aromatic nitrogens is 4. The molecule has 3 aromatic rings. The Morgan fingerprint density at radius 3 is 2.74 bits per heavy atom. The average molecular weight is 405 g/mol. The van der Waals surface area contributed by atoms with E-state index in [0.29, 0.717) is 34.3 Å². The Kier molecular flexibility index (Phi) is 4.92. The fourth-order valence-corrected chi connectivity index (χ4v) is 4.37. The van der Waals surface area contributed by atoms with Crippen molar-refractivity contribution in [1.29, 1.82) is 0 Å². The van der Waals surface area contributed by atoms with Gasteiger partial charge in [0.15, 0.2) is 5.82 Å². The van der Waals surface area contributed by atoms with Crippen molar-refractivity contribution in [2.45, 2.75) is 30.9 Å². The van der Waals surface area contributed by atoms with Gasteiger partial charge >= 0.3 is 5.69 Å². The fourth-order valence-electron chi connectivity index (χ4n) is 3.09. The minimum atomic E-state index is -0.359. The minimum absolute atomic E-state index is 0.0165. The van der Waals surface area contributed by atoms with Crippen LogP contribution in [-0.4, -0.2) is 19.3 Å². The Morgan fingerprint density at radius 2 is 1.96 bits per heavy atom. The summed E-state index contributed by atoms with van der Waals surface area (Å²) in [7, 11) is 1.69. The highest BCUT2D eigenvalue weighted by Crippen LogP contribution is 2.25. The van der Waals surface area contributed by atoms with Gasteiger partial charge in [-0.25, -0.2) is 4.79 Å². The molecule has 27 heavy (non-hydrogen) atoms. The molecule has 0 amide bonds. The second-order valence-corrected chi connectivity index (χ2v) is 7.80. The van der Waals surface area contributed by atoms with Crippen molar-refractivity contribution in [3.8, 4) is 0 Å². The number of nitrogens with zero attached hydrogens (tertiary/aromatic N) is 4. The van der Waals surface area contributed by atoms with Gasteiger partial charge in [0.2, 0.25) is 5.89 Å². The molecule has 0 spiro atoms. The summed E-state index contributed by atoms with van der Waals surface area (Å²) in [5.41, 5.74) is 1.98. The molecule has 7 nitrogen and oxygen atoms in total. The first-order valence-electron chi connectivity index (χ1n) is 8.48. The number of halogens is 1. The smallest absolute Gasteiger partial charge is 0.331 e. The third-order valence-corrected chi connectivity index (χ3v) is 5.84. The van der Waals surface area contributed by atoms with E-state index < -0.39 is 0 Å². The third-order valence-electron chi connectivity index (χ3n) is 4.61. The SMILES string of the molecule is Cn1c2c(c(=O)n(Cc3nc(CCc4ccc(Cl)cc4)no3)c1=O)CSC2. The Bertz CT molecular complexity index is 1100. The molecule has 0 aliphatic carbocycles. The largest absolute Gasteiger partial charge is 0.337 e. The first-order valence-corrected chi connectivity index (χ1v) is 10.0. The minimum Gasteiger partial charge on any atom is -0.337 e. The summed E-state index contributed by atoms with van der Waals surface area (Å²) < 4.78 is 7.95. The molecule has 4 rings (SSSR count). The second-order valence-electron chi connectivity index (χ2n) is 6.38. The molecule has 3 heterocycles. The molecule has 0 atom stereocenters. The molecule has 1 aromatic carbocycles. The first-order chi connectivity index (χ1) is 13.0. The topological polar surface area (TPSA) is 82.9 Å². The van der Waals surface area contributed by atoms with Gasteiger partial charge in [-0.1, -0.05) is 28.9 Å². The summed E-state index contributed by atoms with van der Waals surface area (Å²) in [6.07, 6.45) is 1.34. The average Bonchev–Trinajstić information content (AvgIpc) is 3.33. The van der Waals surface area contributed by atoms with Crippen LogP contribution in [0.5, 0.6) is 0 Å². The van der Waals surface area contributed by atoms with Crippen LogP contribution in [0.3, 0.4) is 0 Å². The highest BCUT2D eigenvalue weighted by molar-refractivity contribution is 7.98. The van der Waals surface area contributed by atoms with Gasteiger partial charge in [-0.2, -0.15) is 16.7 Å². The Morgan fingerprint density at radius 1 is 1.19 bits per heavy atom. The molecule has 0 N–H and O–H groups in total. The van der Waals surface area contributed by atoms with E-state index in [2.05, 4.69) is 10.1 Å². The molecule has 0 saturated carbocycles. The molecule has 140 valence electrons. The van der Waals surface area contributed by atoms with Gasteiger partial charge in [-0.3, -0.25) is 13.9 Å². The van der Waals surface area contributed by atoms with Crippen molar-refractivity contribution in [2.24, 2.45) is 7.05 Å². The van der Waals surface area contributed by atoms with E-state index in [-0.39, 0.29) is 23.7 Å². The summed E-state index contributed by atoms with van der Waals surface area (Å²) >= 11 is 7.52. The molecule has 0 fully saturated rings. The number of rotatable bonds is 5. The van der Waals surface area contributed by atoms with Crippen LogP contribution in [-0.2, 0) is 37.9 Å². The molecule has 0 saturated heterocycles. The predicted molar refractivity (Wildman–Crippen MR) is 103 cm³/mol. The zero-order valence-electron chi connectivity index (χ0n) is 14.6. The molecule has 1 aliphatic rings. The summed E-state index contributed by atoms with van der Waals surface area (Å²) in [5, 5.41) is 4.65. The van der Waals surface area contributed by atoms with Crippen LogP contribution in [0.25, 0.3) is 0 Å². The van der Waals surface area contributed by atoms with E-state index in [0.717, 1.165) is 17.7 Å². The maximum atomic E-state index is 12.6. The van der Waals surface area contributed by atoms with E-state index in [4.69, 9.17) is 16.1 Å². The summed E-state index contributed by atoms with van der Waals surface area (Å²) in [5.74, 6) is 2.11. The van der Waals surface area contributed by atoms with Gasteiger partial charge in [0.1, 0.15) is 6.54 Å². The lowest BCUT2D eigenvalue weighted by Crippen LogP contribution is -2.42. The summed E-state index contributed by atoms with van der Waals surface area (Å²) in [4.78, 5) is 29.5. The number of fused-ring (bicyclic) bond motifs is 1. The fraction of sp³-hybridized carbons (Fsp3) is 0.333. The number of aryl methyl sites for hydroxylation is 2. The van der Waals surface area contributed by atoms with Crippen LogP contribution < -0.4 is 11.2 Å². The normalized spacial score (nSPS) is 13.1. The lowest BCUT2D eigenvalue weighted by Gasteiger charge is -2.09. The zero-order valence-corrected chi connectivity index (χ0v) is 16.2. The summed E-state index contributed by atoms with van der Waals surface area (Å²) in [6.45, 7) is -0.0165. The van der Waals surface area contributed by atoms with Crippen molar-refractivity contribution in [2.75, 3.05) is 0 Å². The van der Waals surface area contributed by atoms with E-state index in [9.17, 15) is 9.59 Å². The van der Waals surface area contributed by atoms with Crippen molar-refractivity contribution in [3.05, 3.63) is 78.7 Å². The number of hydrogen-bond donors (Lipinski definition) is 0. The molecule has 0 radical (unpaired) electrons.